The van der Waals surface area contributed by atoms with E-state index < -0.39 is 28.7 Å². The molecule has 2 heterocycles. The molecule has 0 aliphatic rings. The van der Waals surface area contributed by atoms with Gasteiger partial charge >= 0.3 is 0 Å². The van der Waals surface area contributed by atoms with Crippen molar-refractivity contribution in [2.75, 3.05) is 14.2 Å². The van der Waals surface area contributed by atoms with Crippen LogP contribution in [0.4, 0.5) is 13.2 Å². The molecule has 2 aromatic carbocycles. The van der Waals surface area contributed by atoms with Crippen molar-refractivity contribution < 1.29 is 22.6 Å². The van der Waals surface area contributed by atoms with Crippen LogP contribution in [0.3, 0.4) is 0 Å². The van der Waals surface area contributed by atoms with E-state index in [2.05, 4.69) is 15.2 Å². The van der Waals surface area contributed by atoms with Crippen LogP contribution in [-0.4, -0.2) is 29.4 Å². The SMILES string of the molecule is COc1cc(OC)cc(-c2c(-c3ccccc3F)n[nH]c(=O)c2-c2ncc(F)cc2F)c1. The van der Waals surface area contributed by atoms with E-state index in [1.165, 1.54) is 32.4 Å². The number of benzene rings is 2. The van der Waals surface area contributed by atoms with Crippen molar-refractivity contribution in [3.8, 4) is 45.1 Å². The largest absolute Gasteiger partial charge is 0.497 e. The summed E-state index contributed by atoms with van der Waals surface area (Å²) in [6.07, 6.45) is 0.789. The molecule has 32 heavy (non-hydrogen) atoms. The minimum atomic E-state index is -1.06. The van der Waals surface area contributed by atoms with Gasteiger partial charge in [0.25, 0.3) is 5.56 Å². The summed E-state index contributed by atoms with van der Waals surface area (Å²) < 4.78 is 53.5. The second-order valence-corrected chi connectivity index (χ2v) is 6.72. The number of aromatic amines is 1. The number of hydrogen-bond acceptors (Lipinski definition) is 5. The Labute approximate surface area is 180 Å². The molecule has 0 fully saturated rings. The van der Waals surface area contributed by atoms with Crippen LogP contribution < -0.4 is 15.0 Å². The van der Waals surface area contributed by atoms with E-state index in [0.29, 0.717) is 23.1 Å². The summed E-state index contributed by atoms with van der Waals surface area (Å²) in [5, 5.41) is 6.31. The van der Waals surface area contributed by atoms with E-state index in [9.17, 15) is 18.0 Å². The van der Waals surface area contributed by atoms with E-state index >= 15 is 0 Å². The number of ether oxygens (including phenoxy) is 2. The van der Waals surface area contributed by atoms with Gasteiger partial charge in [0, 0.05) is 23.3 Å². The van der Waals surface area contributed by atoms with Gasteiger partial charge in [-0.25, -0.2) is 23.3 Å². The highest BCUT2D eigenvalue weighted by Gasteiger charge is 2.25. The molecule has 2 aromatic heterocycles. The molecule has 0 spiro atoms. The number of H-pyrrole nitrogens is 1. The molecule has 0 radical (unpaired) electrons. The predicted octanol–water partition coefficient (Wildman–Crippen LogP) is 4.60. The maximum Gasteiger partial charge on any atom is 0.274 e. The van der Waals surface area contributed by atoms with Crippen LogP contribution in [-0.2, 0) is 0 Å². The molecule has 0 unspecified atom stereocenters. The van der Waals surface area contributed by atoms with Gasteiger partial charge in [0.15, 0.2) is 5.82 Å². The average Bonchev–Trinajstić information content (AvgIpc) is 2.79. The van der Waals surface area contributed by atoms with E-state index in [1.54, 1.807) is 24.3 Å². The van der Waals surface area contributed by atoms with Gasteiger partial charge in [0.1, 0.15) is 34.5 Å². The molecule has 4 rings (SSSR count). The Bertz CT molecular complexity index is 1350. The fraction of sp³-hybridized carbons (Fsp3) is 0.0870. The number of methoxy groups -OCH3 is 2. The van der Waals surface area contributed by atoms with Gasteiger partial charge in [0.05, 0.1) is 26.0 Å². The fourth-order valence-electron chi connectivity index (χ4n) is 3.36. The van der Waals surface area contributed by atoms with Crippen LogP contribution in [0.2, 0.25) is 0 Å². The van der Waals surface area contributed by atoms with Crippen molar-refractivity contribution in [1.29, 1.82) is 0 Å². The first-order valence-electron chi connectivity index (χ1n) is 9.35. The lowest BCUT2D eigenvalue weighted by molar-refractivity contribution is 0.394. The molecule has 9 heteroatoms. The predicted molar refractivity (Wildman–Crippen MR) is 112 cm³/mol. The Balaban J connectivity index is 2.16. The lowest BCUT2D eigenvalue weighted by Crippen LogP contribution is -2.16. The van der Waals surface area contributed by atoms with Crippen molar-refractivity contribution in [3.63, 3.8) is 0 Å². The number of halogens is 3. The first kappa shape index (κ1) is 21.1. The van der Waals surface area contributed by atoms with E-state index in [-0.39, 0.29) is 22.4 Å². The minimum Gasteiger partial charge on any atom is -0.497 e. The topological polar surface area (TPSA) is 77.1 Å². The Morgan fingerprint density at radius 1 is 0.844 bits per heavy atom. The zero-order valence-electron chi connectivity index (χ0n) is 16.9. The van der Waals surface area contributed by atoms with E-state index in [0.717, 1.165) is 6.20 Å². The summed E-state index contributed by atoms with van der Waals surface area (Å²) in [4.78, 5) is 16.6. The molecule has 4 aromatic rings. The molecule has 0 aliphatic heterocycles. The van der Waals surface area contributed by atoms with Crippen LogP contribution in [0.5, 0.6) is 11.5 Å². The van der Waals surface area contributed by atoms with Gasteiger partial charge in [-0.2, -0.15) is 5.10 Å². The highest BCUT2D eigenvalue weighted by atomic mass is 19.1. The van der Waals surface area contributed by atoms with Crippen molar-refractivity contribution in [3.05, 3.63) is 82.5 Å². The zero-order valence-corrected chi connectivity index (χ0v) is 16.9. The molecule has 0 saturated carbocycles. The number of hydrogen-bond donors (Lipinski definition) is 1. The van der Waals surface area contributed by atoms with Gasteiger partial charge < -0.3 is 9.47 Å². The van der Waals surface area contributed by atoms with Crippen LogP contribution >= 0.6 is 0 Å². The second kappa shape index (κ2) is 8.54. The summed E-state index contributed by atoms with van der Waals surface area (Å²) in [7, 11) is 2.88. The summed E-state index contributed by atoms with van der Waals surface area (Å²) in [6, 6.07) is 11.1. The van der Waals surface area contributed by atoms with E-state index in [4.69, 9.17) is 9.47 Å². The number of pyridine rings is 1. The number of rotatable bonds is 5. The Hall–Kier alpha value is -4.14. The smallest absolute Gasteiger partial charge is 0.274 e. The first-order chi connectivity index (χ1) is 15.4. The van der Waals surface area contributed by atoms with Gasteiger partial charge in [-0.1, -0.05) is 12.1 Å². The number of nitrogens with zero attached hydrogens (tertiary/aromatic N) is 2. The monoisotopic (exact) mass is 439 g/mol. The summed E-state index contributed by atoms with van der Waals surface area (Å²) in [5.74, 6) is -1.83. The molecular weight excluding hydrogens is 423 g/mol. The maximum absolute atomic E-state index is 14.7. The second-order valence-electron chi connectivity index (χ2n) is 6.72. The molecule has 162 valence electrons. The Morgan fingerprint density at radius 2 is 1.53 bits per heavy atom. The van der Waals surface area contributed by atoms with Crippen LogP contribution in [0.25, 0.3) is 33.6 Å². The third kappa shape index (κ3) is 3.80. The van der Waals surface area contributed by atoms with Crippen LogP contribution in [0.15, 0.2) is 59.5 Å². The molecule has 0 saturated heterocycles. The fourth-order valence-corrected chi connectivity index (χ4v) is 3.36. The highest BCUT2D eigenvalue weighted by molar-refractivity contribution is 5.92. The summed E-state index contributed by atoms with van der Waals surface area (Å²) >= 11 is 0. The van der Waals surface area contributed by atoms with Crippen LogP contribution in [0.1, 0.15) is 0 Å². The molecular formula is C23H16F3N3O3. The van der Waals surface area contributed by atoms with Gasteiger partial charge in [-0.05, 0) is 29.8 Å². The normalized spacial score (nSPS) is 10.8. The Kier molecular flexibility index (Phi) is 5.63. The quantitative estimate of drug-likeness (QED) is 0.492. The van der Waals surface area contributed by atoms with Crippen molar-refractivity contribution in [2.45, 2.75) is 0 Å². The molecule has 0 aliphatic carbocycles. The summed E-state index contributed by atoms with van der Waals surface area (Å²) in [5.41, 5.74) is -0.953. The number of aromatic nitrogens is 3. The van der Waals surface area contributed by atoms with Crippen LogP contribution in [0, 0.1) is 17.5 Å². The molecule has 0 atom stereocenters. The zero-order chi connectivity index (χ0) is 22.8. The molecule has 0 amide bonds. The minimum absolute atomic E-state index is 0.0264. The standard InChI is InChI=1S/C23H16F3N3O3/c1-31-14-7-12(8-15(10-14)32-2)19-20(22-18(26)9-13(24)11-27-22)23(30)29-28-21(19)16-5-3-4-6-17(16)25/h3-11H,1-2H3,(H,29,30). The van der Waals surface area contributed by atoms with Gasteiger partial charge in [-0.3, -0.25) is 4.79 Å². The molecule has 0 bridgehead atoms. The number of nitrogens with one attached hydrogen (secondary N) is 1. The van der Waals surface area contributed by atoms with Gasteiger partial charge in [0.2, 0.25) is 0 Å². The van der Waals surface area contributed by atoms with Crippen molar-refractivity contribution in [1.82, 2.24) is 15.2 Å². The lowest BCUT2D eigenvalue weighted by Gasteiger charge is -2.16. The van der Waals surface area contributed by atoms with Crippen molar-refractivity contribution >= 4 is 0 Å². The maximum atomic E-state index is 14.7. The third-order valence-corrected chi connectivity index (χ3v) is 4.80. The highest BCUT2D eigenvalue weighted by Crippen LogP contribution is 2.40. The first-order valence-corrected chi connectivity index (χ1v) is 9.35. The Morgan fingerprint density at radius 3 is 2.16 bits per heavy atom. The lowest BCUT2D eigenvalue weighted by atomic mass is 9.93. The third-order valence-electron chi connectivity index (χ3n) is 4.80. The molecule has 6 nitrogen and oxygen atoms in total. The van der Waals surface area contributed by atoms with E-state index in [1.807, 2.05) is 0 Å². The van der Waals surface area contributed by atoms with Crippen molar-refractivity contribution in [2.24, 2.45) is 0 Å². The molecule has 1 N–H and O–H groups in total. The average molecular weight is 439 g/mol. The summed E-state index contributed by atoms with van der Waals surface area (Å²) in [6.45, 7) is 0. The van der Waals surface area contributed by atoms with Gasteiger partial charge in [-0.15, -0.1) is 0 Å².